The second-order valence-electron chi connectivity index (χ2n) is 6.18. The zero-order valence-corrected chi connectivity index (χ0v) is 16.9. The van der Waals surface area contributed by atoms with Crippen LogP contribution >= 0.6 is 11.3 Å². The third-order valence-corrected chi connectivity index (χ3v) is 5.39. The van der Waals surface area contributed by atoms with Gasteiger partial charge in [-0.25, -0.2) is 9.78 Å². The van der Waals surface area contributed by atoms with Crippen molar-refractivity contribution in [2.45, 2.75) is 6.92 Å². The summed E-state index contributed by atoms with van der Waals surface area (Å²) in [7, 11) is 1.28. The molecule has 2 aromatic heterocycles. The molecule has 2 heterocycles. The first-order valence-corrected chi connectivity index (χ1v) is 9.58. The average Bonchev–Trinajstić information content (AvgIpc) is 3.24. The van der Waals surface area contributed by atoms with Crippen molar-refractivity contribution in [3.8, 4) is 10.6 Å². The van der Waals surface area contributed by atoms with Crippen LogP contribution in [0.2, 0.25) is 0 Å². The van der Waals surface area contributed by atoms with Crippen molar-refractivity contribution in [3.63, 3.8) is 0 Å². The van der Waals surface area contributed by atoms with Crippen molar-refractivity contribution in [3.05, 3.63) is 81.4 Å². The lowest BCUT2D eigenvalue weighted by atomic mass is 10.1. The van der Waals surface area contributed by atoms with Crippen molar-refractivity contribution < 1.29 is 19.2 Å². The number of hydrogen-bond donors (Lipinski definition) is 1. The molecule has 3 aromatic rings. The molecular weight excluding hydrogens is 406 g/mol. The van der Waals surface area contributed by atoms with E-state index in [1.165, 1.54) is 36.8 Å². The highest BCUT2D eigenvalue weighted by Gasteiger charge is 2.13. The second kappa shape index (κ2) is 9.10. The molecule has 1 amide bonds. The van der Waals surface area contributed by atoms with E-state index in [4.69, 9.17) is 4.74 Å². The van der Waals surface area contributed by atoms with Crippen LogP contribution in [0.15, 0.2) is 60.8 Å². The predicted molar refractivity (Wildman–Crippen MR) is 114 cm³/mol. The number of thiophene rings is 1. The van der Waals surface area contributed by atoms with E-state index in [9.17, 15) is 19.7 Å². The van der Waals surface area contributed by atoms with Crippen molar-refractivity contribution in [1.29, 1.82) is 0 Å². The number of anilines is 1. The highest BCUT2D eigenvalue weighted by Crippen LogP contribution is 2.31. The number of aromatic nitrogens is 1. The fourth-order valence-electron chi connectivity index (χ4n) is 2.64. The second-order valence-corrected chi connectivity index (χ2v) is 7.26. The number of nitrogens with zero attached hydrogens (tertiary/aromatic N) is 2. The van der Waals surface area contributed by atoms with E-state index in [1.807, 2.05) is 12.1 Å². The molecule has 8 nitrogen and oxygen atoms in total. The summed E-state index contributed by atoms with van der Waals surface area (Å²) in [4.78, 5) is 40.3. The molecule has 9 heteroatoms. The van der Waals surface area contributed by atoms with Crippen LogP contribution in [0, 0.1) is 10.1 Å². The maximum absolute atomic E-state index is 12.4. The normalized spacial score (nSPS) is 11.1. The Hall–Kier alpha value is -3.85. The molecule has 0 aliphatic heterocycles. The molecule has 0 aliphatic carbocycles. The summed E-state index contributed by atoms with van der Waals surface area (Å²) >= 11 is 1.41. The lowest BCUT2D eigenvalue weighted by Gasteiger charge is -2.08. The highest BCUT2D eigenvalue weighted by molar-refractivity contribution is 7.16. The average molecular weight is 423 g/mol. The number of rotatable bonds is 6. The topological polar surface area (TPSA) is 111 Å². The minimum absolute atomic E-state index is 0.0736. The summed E-state index contributed by atoms with van der Waals surface area (Å²) in [5.74, 6) is -0.919. The van der Waals surface area contributed by atoms with Crippen molar-refractivity contribution >= 4 is 40.2 Å². The van der Waals surface area contributed by atoms with E-state index in [0.717, 1.165) is 15.3 Å². The van der Waals surface area contributed by atoms with Gasteiger partial charge in [-0.3, -0.25) is 14.9 Å². The Balaban J connectivity index is 1.76. The van der Waals surface area contributed by atoms with Gasteiger partial charge in [-0.05, 0) is 42.8 Å². The molecule has 0 fully saturated rings. The van der Waals surface area contributed by atoms with Crippen LogP contribution in [0.3, 0.4) is 0 Å². The number of nitrogens with one attached hydrogen (secondary N) is 1. The van der Waals surface area contributed by atoms with Crippen LogP contribution in [-0.4, -0.2) is 28.9 Å². The quantitative estimate of drug-likeness (QED) is 0.269. The number of esters is 1. The first kappa shape index (κ1) is 20.9. The first-order valence-electron chi connectivity index (χ1n) is 8.76. The molecule has 0 saturated heterocycles. The number of nitro groups is 1. The van der Waals surface area contributed by atoms with Gasteiger partial charge >= 0.3 is 5.97 Å². The minimum atomic E-state index is -0.537. The van der Waals surface area contributed by atoms with Crippen LogP contribution in [0.1, 0.15) is 22.2 Å². The smallest absolute Gasteiger partial charge is 0.339 e. The third kappa shape index (κ3) is 4.76. The van der Waals surface area contributed by atoms with Gasteiger partial charge in [-0.2, -0.15) is 0 Å². The summed E-state index contributed by atoms with van der Waals surface area (Å²) in [6.45, 7) is 1.80. The van der Waals surface area contributed by atoms with Crippen molar-refractivity contribution in [1.82, 2.24) is 4.98 Å². The Bertz CT molecular complexity index is 1140. The summed E-state index contributed by atoms with van der Waals surface area (Å²) in [6.07, 6.45) is 2.65. The molecule has 0 saturated carbocycles. The van der Waals surface area contributed by atoms with Crippen LogP contribution in [-0.2, 0) is 9.53 Å². The molecule has 0 unspecified atom stereocenters. The van der Waals surface area contributed by atoms with Crippen molar-refractivity contribution in [2.24, 2.45) is 0 Å². The maximum atomic E-state index is 12.4. The molecule has 0 spiro atoms. The van der Waals surface area contributed by atoms with Gasteiger partial charge in [0.15, 0.2) is 0 Å². The molecule has 1 N–H and O–H groups in total. The standard InChI is InChI=1S/C21H17N3O5S/c1-13(11-20(25)23-16-6-4-3-5-15(16)21(26)29-2)18-9-10-19(30-18)17-8-7-14(12-22-17)24(27)28/h3-12H,1-2H3,(H,23,25)/b13-11+. The number of ether oxygens (including phenoxy) is 1. The van der Waals surface area contributed by atoms with E-state index in [1.54, 1.807) is 37.3 Å². The number of allylic oxidation sites excluding steroid dienone is 1. The minimum Gasteiger partial charge on any atom is -0.465 e. The fourth-order valence-corrected chi connectivity index (χ4v) is 3.60. The lowest BCUT2D eigenvalue weighted by Crippen LogP contribution is -2.13. The van der Waals surface area contributed by atoms with Crippen LogP contribution in [0.5, 0.6) is 0 Å². The molecular formula is C21H17N3O5S. The molecule has 0 radical (unpaired) electrons. The van der Waals surface area contributed by atoms with Gasteiger partial charge in [0.2, 0.25) is 5.91 Å². The summed E-state index contributed by atoms with van der Waals surface area (Å²) in [5.41, 5.74) is 1.89. The number of hydrogen-bond acceptors (Lipinski definition) is 7. The van der Waals surface area contributed by atoms with Gasteiger partial charge in [0, 0.05) is 17.0 Å². The maximum Gasteiger partial charge on any atom is 0.339 e. The van der Waals surface area contributed by atoms with Crippen LogP contribution in [0.4, 0.5) is 11.4 Å². The van der Waals surface area contributed by atoms with Gasteiger partial charge in [0.05, 0.1) is 33.9 Å². The van der Waals surface area contributed by atoms with Crippen LogP contribution in [0.25, 0.3) is 16.1 Å². The molecule has 152 valence electrons. The van der Waals surface area contributed by atoms with Gasteiger partial charge in [0.25, 0.3) is 5.69 Å². The van der Waals surface area contributed by atoms with E-state index >= 15 is 0 Å². The zero-order valence-electron chi connectivity index (χ0n) is 16.1. The van der Waals surface area contributed by atoms with Gasteiger partial charge in [-0.15, -0.1) is 11.3 Å². The Kier molecular flexibility index (Phi) is 6.33. The van der Waals surface area contributed by atoms with Gasteiger partial charge < -0.3 is 10.1 Å². The van der Waals surface area contributed by atoms with Gasteiger partial charge in [0.1, 0.15) is 6.20 Å². The molecule has 3 rings (SSSR count). The molecule has 0 bridgehead atoms. The molecule has 30 heavy (non-hydrogen) atoms. The Morgan fingerprint density at radius 2 is 1.93 bits per heavy atom. The third-order valence-electron chi connectivity index (χ3n) is 4.14. The number of carbonyl (C=O) groups is 2. The number of pyridine rings is 1. The highest BCUT2D eigenvalue weighted by atomic mass is 32.1. The summed E-state index contributed by atoms with van der Waals surface area (Å²) < 4.78 is 4.73. The Labute approximate surface area is 176 Å². The first-order chi connectivity index (χ1) is 14.4. The van der Waals surface area contributed by atoms with Crippen LogP contribution < -0.4 is 5.32 Å². The predicted octanol–water partition coefficient (Wildman–Crippen LogP) is 4.55. The molecule has 0 aliphatic rings. The van der Waals surface area contributed by atoms with E-state index in [2.05, 4.69) is 10.3 Å². The number of para-hydroxylation sites is 1. The van der Waals surface area contributed by atoms with Gasteiger partial charge in [-0.1, -0.05) is 12.1 Å². The number of methoxy groups -OCH3 is 1. The monoisotopic (exact) mass is 423 g/mol. The Morgan fingerprint density at radius 3 is 2.60 bits per heavy atom. The summed E-state index contributed by atoms with van der Waals surface area (Å²) in [5, 5.41) is 13.4. The fraction of sp³-hybridized carbons (Fsp3) is 0.0952. The molecule has 0 atom stereocenters. The number of amides is 1. The number of benzene rings is 1. The largest absolute Gasteiger partial charge is 0.465 e. The molecule has 1 aromatic carbocycles. The number of carbonyl (C=O) groups excluding carboxylic acids is 2. The van der Waals surface area contributed by atoms with E-state index in [0.29, 0.717) is 11.4 Å². The summed E-state index contributed by atoms with van der Waals surface area (Å²) in [6, 6.07) is 13.3. The van der Waals surface area contributed by atoms with Crippen molar-refractivity contribution in [2.75, 3.05) is 12.4 Å². The lowest BCUT2D eigenvalue weighted by molar-refractivity contribution is -0.385. The van der Waals surface area contributed by atoms with E-state index < -0.39 is 10.9 Å². The van der Waals surface area contributed by atoms with E-state index in [-0.39, 0.29) is 17.2 Å². The SMILES string of the molecule is COC(=O)c1ccccc1NC(=O)/C=C(\C)c1ccc(-c2ccc([N+](=O)[O-])cn2)s1. The Morgan fingerprint density at radius 1 is 1.17 bits per heavy atom. The zero-order chi connectivity index (χ0) is 21.7.